The van der Waals surface area contributed by atoms with E-state index in [1.165, 1.54) is 11.8 Å². The van der Waals surface area contributed by atoms with E-state index in [-0.39, 0.29) is 28.8 Å². The maximum Gasteiger partial charge on any atom is 0.234 e. The fraction of sp³-hybridized carbons (Fsp3) is 0.125. The SMILES string of the molecule is CCOc1ccc(SCC(=O)Nc2cccc3c2C(=O)c2ccccc2C3=O)cc1. The molecule has 3 aromatic carbocycles. The van der Waals surface area contributed by atoms with Crippen molar-refractivity contribution in [1.82, 2.24) is 0 Å². The molecule has 150 valence electrons. The van der Waals surface area contributed by atoms with Crippen LogP contribution < -0.4 is 10.1 Å². The largest absolute Gasteiger partial charge is 0.494 e. The van der Waals surface area contributed by atoms with E-state index >= 15 is 0 Å². The van der Waals surface area contributed by atoms with Crippen molar-refractivity contribution in [2.24, 2.45) is 0 Å². The minimum Gasteiger partial charge on any atom is -0.494 e. The normalized spacial score (nSPS) is 12.2. The van der Waals surface area contributed by atoms with E-state index in [4.69, 9.17) is 4.74 Å². The molecule has 0 fully saturated rings. The lowest BCUT2D eigenvalue weighted by Gasteiger charge is -2.20. The Kier molecular flexibility index (Phi) is 5.68. The van der Waals surface area contributed by atoms with E-state index in [0.717, 1.165) is 10.6 Å². The summed E-state index contributed by atoms with van der Waals surface area (Å²) in [5.41, 5.74) is 1.68. The molecule has 0 saturated heterocycles. The van der Waals surface area contributed by atoms with Crippen molar-refractivity contribution in [3.8, 4) is 5.75 Å². The van der Waals surface area contributed by atoms with Gasteiger partial charge in [-0.3, -0.25) is 14.4 Å². The van der Waals surface area contributed by atoms with Crippen LogP contribution in [0.5, 0.6) is 5.75 Å². The first kappa shape index (κ1) is 19.9. The van der Waals surface area contributed by atoms with Gasteiger partial charge < -0.3 is 10.1 Å². The number of ether oxygens (including phenoxy) is 1. The first-order valence-electron chi connectivity index (χ1n) is 9.55. The van der Waals surface area contributed by atoms with Crippen molar-refractivity contribution in [2.75, 3.05) is 17.7 Å². The molecule has 0 aromatic heterocycles. The molecule has 1 aliphatic carbocycles. The highest BCUT2D eigenvalue weighted by Gasteiger charge is 2.31. The van der Waals surface area contributed by atoms with Gasteiger partial charge in [-0.15, -0.1) is 11.8 Å². The quantitative estimate of drug-likeness (QED) is 0.465. The van der Waals surface area contributed by atoms with E-state index < -0.39 is 0 Å². The van der Waals surface area contributed by atoms with Crippen molar-refractivity contribution in [3.05, 3.63) is 89.0 Å². The van der Waals surface area contributed by atoms with Crippen LogP contribution in [0.3, 0.4) is 0 Å². The second kappa shape index (κ2) is 8.55. The van der Waals surface area contributed by atoms with Crippen LogP contribution in [0.4, 0.5) is 5.69 Å². The lowest BCUT2D eigenvalue weighted by atomic mass is 9.83. The van der Waals surface area contributed by atoms with Crippen LogP contribution in [0.25, 0.3) is 0 Å². The predicted octanol–water partition coefficient (Wildman–Crippen LogP) is 4.59. The summed E-state index contributed by atoms with van der Waals surface area (Å²) in [5, 5.41) is 2.80. The van der Waals surface area contributed by atoms with Gasteiger partial charge >= 0.3 is 0 Å². The zero-order valence-electron chi connectivity index (χ0n) is 16.3. The second-order valence-electron chi connectivity index (χ2n) is 6.67. The summed E-state index contributed by atoms with van der Waals surface area (Å²) in [7, 11) is 0. The van der Waals surface area contributed by atoms with Gasteiger partial charge in [0.05, 0.1) is 23.6 Å². The molecule has 30 heavy (non-hydrogen) atoms. The molecule has 0 bridgehead atoms. The van der Waals surface area contributed by atoms with E-state index in [0.29, 0.717) is 29.0 Å². The summed E-state index contributed by atoms with van der Waals surface area (Å²) in [6, 6.07) is 19.2. The molecular weight excluding hydrogens is 398 g/mol. The third kappa shape index (κ3) is 3.86. The topological polar surface area (TPSA) is 72.5 Å². The molecule has 5 nitrogen and oxygen atoms in total. The summed E-state index contributed by atoms with van der Waals surface area (Å²) in [5.74, 6) is 0.249. The fourth-order valence-electron chi connectivity index (χ4n) is 3.38. The van der Waals surface area contributed by atoms with Crippen LogP contribution in [-0.4, -0.2) is 29.8 Å². The van der Waals surface area contributed by atoms with E-state index in [2.05, 4.69) is 5.32 Å². The van der Waals surface area contributed by atoms with Gasteiger partial charge in [-0.25, -0.2) is 0 Å². The number of hydrogen-bond acceptors (Lipinski definition) is 5. The Balaban J connectivity index is 1.50. The Hall–Kier alpha value is -3.38. The van der Waals surface area contributed by atoms with E-state index in [9.17, 15) is 14.4 Å². The maximum atomic E-state index is 13.0. The average molecular weight is 417 g/mol. The molecule has 0 unspecified atom stereocenters. The number of anilines is 1. The third-order valence-corrected chi connectivity index (χ3v) is 5.74. The number of rotatable bonds is 6. The Bertz CT molecular complexity index is 1140. The van der Waals surface area contributed by atoms with Crippen LogP contribution in [0.15, 0.2) is 71.6 Å². The zero-order valence-corrected chi connectivity index (χ0v) is 17.1. The summed E-state index contributed by atoms with van der Waals surface area (Å²) in [4.78, 5) is 39.3. The molecule has 0 spiro atoms. The molecule has 0 radical (unpaired) electrons. The Morgan fingerprint density at radius 2 is 1.53 bits per heavy atom. The monoisotopic (exact) mass is 417 g/mol. The zero-order chi connectivity index (χ0) is 21.1. The summed E-state index contributed by atoms with van der Waals surface area (Å²) >= 11 is 1.38. The molecule has 3 aromatic rings. The molecule has 1 aliphatic rings. The van der Waals surface area contributed by atoms with Gasteiger partial charge in [0, 0.05) is 21.6 Å². The number of carbonyl (C=O) groups excluding carboxylic acids is 3. The highest BCUT2D eigenvalue weighted by atomic mass is 32.2. The number of nitrogens with one attached hydrogen (secondary N) is 1. The second-order valence-corrected chi connectivity index (χ2v) is 7.72. The summed E-state index contributed by atoms with van der Waals surface area (Å²) < 4.78 is 5.41. The minimum absolute atomic E-state index is 0.177. The molecule has 1 N–H and O–H groups in total. The number of amides is 1. The smallest absolute Gasteiger partial charge is 0.234 e. The molecule has 6 heteroatoms. The number of hydrogen-bond donors (Lipinski definition) is 1. The van der Waals surface area contributed by atoms with Gasteiger partial charge in [0.2, 0.25) is 5.91 Å². The third-order valence-electron chi connectivity index (χ3n) is 4.73. The first-order valence-corrected chi connectivity index (χ1v) is 10.5. The Morgan fingerprint density at radius 1 is 0.867 bits per heavy atom. The van der Waals surface area contributed by atoms with E-state index in [1.807, 2.05) is 31.2 Å². The van der Waals surface area contributed by atoms with Crippen LogP contribution in [0.1, 0.15) is 38.8 Å². The van der Waals surface area contributed by atoms with E-state index in [1.54, 1.807) is 42.5 Å². The number of fused-ring (bicyclic) bond motifs is 2. The van der Waals surface area contributed by atoms with Crippen LogP contribution >= 0.6 is 11.8 Å². The maximum absolute atomic E-state index is 13.0. The predicted molar refractivity (Wildman–Crippen MR) is 117 cm³/mol. The molecule has 0 aliphatic heterocycles. The summed E-state index contributed by atoms with van der Waals surface area (Å²) in [6.45, 7) is 2.52. The number of ketones is 2. The molecular formula is C24H19NO4S. The van der Waals surface area contributed by atoms with Crippen molar-refractivity contribution < 1.29 is 19.1 Å². The van der Waals surface area contributed by atoms with Gasteiger partial charge in [0.15, 0.2) is 11.6 Å². The van der Waals surface area contributed by atoms with Gasteiger partial charge in [0.25, 0.3) is 0 Å². The number of benzene rings is 3. The fourth-order valence-corrected chi connectivity index (χ4v) is 4.08. The lowest BCUT2D eigenvalue weighted by molar-refractivity contribution is -0.113. The molecule has 4 rings (SSSR count). The van der Waals surface area contributed by atoms with Crippen LogP contribution in [0, 0.1) is 0 Å². The van der Waals surface area contributed by atoms with Gasteiger partial charge in [-0.1, -0.05) is 36.4 Å². The Morgan fingerprint density at radius 3 is 2.23 bits per heavy atom. The van der Waals surface area contributed by atoms with Crippen molar-refractivity contribution >= 4 is 34.9 Å². The Labute approximate surface area is 178 Å². The first-order chi connectivity index (χ1) is 14.6. The molecule has 0 atom stereocenters. The lowest BCUT2D eigenvalue weighted by Crippen LogP contribution is -2.24. The highest BCUT2D eigenvalue weighted by Crippen LogP contribution is 2.32. The highest BCUT2D eigenvalue weighted by molar-refractivity contribution is 8.00. The average Bonchev–Trinajstić information content (AvgIpc) is 2.77. The number of thioether (sulfide) groups is 1. The standard InChI is InChI=1S/C24H19NO4S/c1-2-29-15-10-12-16(13-11-15)30-14-21(26)25-20-9-5-8-19-22(20)24(28)18-7-4-3-6-17(18)23(19)27/h3-13H,2,14H2,1H3,(H,25,26). The minimum atomic E-state index is -0.254. The summed E-state index contributed by atoms with van der Waals surface area (Å²) in [6.07, 6.45) is 0. The van der Waals surface area contributed by atoms with Gasteiger partial charge in [-0.05, 0) is 37.3 Å². The number of carbonyl (C=O) groups is 3. The molecule has 0 heterocycles. The van der Waals surface area contributed by atoms with Crippen LogP contribution in [-0.2, 0) is 4.79 Å². The van der Waals surface area contributed by atoms with Gasteiger partial charge in [0.1, 0.15) is 5.75 Å². The molecule has 1 amide bonds. The van der Waals surface area contributed by atoms with Gasteiger partial charge in [-0.2, -0.15) is 0 Å². The van der Waals surface area contributed by atoms with Crippen LogP contribution in [0.2, 0.25) is 0 Å². The molecule has 0 saturated carbocycles. The van der Waals surface area contributed by atoms with Crippen molar-refractivity contribution in [1.29, 1.82) is 0 Å². The van der Waals surface area contributed by atoms with Crippen molar-refractivity contribution in [2.45, 2.75) is 11.8 Å². The van der Waals surface area contributed by atoms with Crippen molar-refractivity contribution in [3.63, 3.8) is 0 Å².